The number of H-pyrrole nitrogens is 1. The van der Waals surface area contributed by atoms with Crippen molar-refractivity contribution >= 4 is 33.9 Å². The van der Waals surface area contributed by atoms with E-state index in [4.69, 9.17) is 0 Å². The molecule has 1 aliphatic rings. The van der Waals surface area contributed by atoms with Gasteiger partial charge in [0.25, 0.3) is 0 Å². The lowest BCUT2D eigenvalue weighted by Crippen LogP contribution is -2.33. The van der Waals surface area contributed by atoms with Gasteiger partial charge in [-0.2, -0.15) is 5.10 Å². The number of anilines is 2. The van der Waals surface area contributed by atoms with Crippen LogP contribution in [-0.2, 0) is 4.79 Å². The Bertz CT molecular complexity index is 1010. The number of rotatable bonds is 4. The van der Waals surface area contributed by atoms with Crippen molar-refractivity contribution in [3.63, 3.8) is 0 Å². The number of hydrogen-bond acceptors (Lipinski definition) is 7. The SMILES string of the molecule is CC(=O)N1CCC=C(c2n[nH]cc2-c2csc(Nc3nccc(C)n3)n2)C1. The van der Waals surface area contributed by atoms with Gasteiger partial charge in [0.2, 0.25) is 11.9 Å². The lowest BCUT2D eigenvalue weighted by atomic mass is 10.0. The molecule has 0 spiro atoms. The number of aryl methyl sites for hydroxylation is 1. The second-order valence-electron chi connectivity index (χ2n) is 6.29. The molecule has 1 aliphatic heterocycles. The third kappa shape index (κ3) is 3.72. The van der Waals surface area contributed by atoms with Crippen LogP contribution in [0, 0.1) is 6.92 Å². The highest BCUT2D eigenvalue weighted by Crippen LogP contribution is 2.32. The van der Waals surface area contributed by atoms with Crippen LogP contribution in [0.5, 0.6) is 0 Å². The van der Waals surface area contributed by atoms with E-state index in [9.17, 15) is 4.79 Å². The molecular weight excluding hydrogens is 362 g/mol. The highest BCUT2D eigenvalue weighted by molar-refractivity contribution is 7.14. The summed E-state index contributed by atoms with van der Waals surface area (Å²) in [5, 5.41) is 13.2. The molecule has 2 N–H and O–H groups in total. The average molecular weight is 381 g/mol. The smallest absolute Gasteiger partial charge is 0.229 e. The summed E-state index contributed by atoms with van der Waals surface area (Å²) in [7, 11) is 0. The maximum atomic E-state index is 11.7. The van der Waals surface area contributed by atoms with Gasteiger partial charge in [-0.15, -0.1) is 11.3 Å². The first-order valence-electron chi connectivity index (χ1n) is 8.61. The van der Waals surface area contributed by atoms with E-state index in [0.29, 0.717) is 17.6 Å². The minimum absolute atomic E-state index is 0.0796. The molecule has 0 saturated carbocycles. The summed E-state index contributed by atoms with van der Waals surface area (Å²) in [6.45, 7) is 4.83. The number of nitrogens with one attached hydrogen (secondary N) is 2. The molecule has 0 unspecified atom stereocenters. The van der Waals surface area contributed by atoms with Crippen LogP contribution >= 0.6 is 11.3 Å². The largest absolute Gasteiger partial charge is 0.338 e. The average Bonchev–Trinajstić information content (AvgIpc) is 3.31. The second kappa shape index (κ2) is 7.28. The van der Waals surface area contributed by atoms with Crippen LogP contribution in [0.2, 0.25) is 0 Å². The van der Waals surface area contributed by atoms with E-state index >= 15 is 0 Å². The molecule has 0 saturated heterocycles. The topological polar surface area (TPSA) is 99.7 Å². The predicted octanol–water partition coefficient (Wildman–Crippen LogP) is 3.01. The zero-order valence-corrected chi connectivity index (χ0v) is 15.9. The minimum atomic E-state index is 0.0796. The predicted molar refractivity (Wildman–Crippen MR) is 105 cm³/mol. The molecule has 0 bridgehead atoms. The summed E-state index contributed by atoms with van der Waals surface area (Å²) >= 11 is 1.48. The maximum Gasteiger partial charge on any atom is 0.229 e. The minimum Gasteiger partial charge on any atom is -0.338 e. The van der Waals surface area contributed by atoms with Crippen LogP contribution < -0.4 is 5.32 Å². The van der Waals surface area contributed by atoms with Crippen molar-refractivity contribution in [3.8, 4) is 11.3 Å². The zero-order valence-electron chi connectivity index (χ0n) is 15.1. The van der Waals surface area contributed by atoms with Crippen molar-refractivity contribution in [3.05, 3.63) is 41.3 Å². The van der Waals surface area contributed by atoms with Gasteiger partial charge >= 0.3 is 0 Å². The molecule has 3 aromatic heterocycles. The van der Waals surface area contributed by atoms with Gasteiger partial charge in [0.15, 0.2) is 5.13 Å². The lowest BCUT2D eigenvalue weighted by molar-refractivity contribution is -0.128. The molecule has 0 aliphatic carbocycles. The summed E-state index contributed by atoms with van der Waals surface area (Å²) in [4.78, 5) is 26.7. The molecule has 4 heterocycles. The quantitative estimate of drug-likeness (QED) is 0.721. The fourth-order valence-corrected chi connectivity index (χ4v) is 3.68. The van der Waals surface area contributed by atoms with Crippen LogP contribution in [0.3, 0.4) is 0 Å². The van der Waals surface area contributed by atoms with Crippen molar-refractivity contribution < 1.29 is 4.79 Å². The maximum absolute atomic E-state index is 11.7. The van der Waals surface area contributed by atoms with Gasteiger partial charge in [0, 0.05) is 49.0 Å². The number of thiazole rings is 1. The van der Waals surface area contributed by atoms with Gasteiger partial charge in [-0.1, -0.05) is 6.08 Å². The zero-order chi connectivity index (χ0) is 18.8. The highest BCUT2D eigenvalue weighted by atomic mass is 32.1. The van der Waals surface area contributed by atoms with Gasteiger partial charge in [-0.05, 0) is 25.0 Å². The lowest BCUT2D eigenvalue weighted by Gasteiger charge is -2.25. The number of nitrogens with zero attached hydrogens (tertiary/aromatic N) is 5. The van der Waals surface area contributed by atoms with E-state index in [1.54, 1.807) is 13.1 Å². The Balaban J connectivity index is 1.57. The number of hydrogen-bond donors (Lipinski definition) is 2. The van der Waals surface area contributed by atoms with Gasteiger partial charge in [0.1, 0.15) is 0 Å². The molecule has 27 heavy (non-hydrogen) atoms. The Hall–Kier alpha value is -3.07. The summed E-state index contributed by atoms with van der Waals surface area (Å²) in [5.41, 5.74) is 4.50. The fraction of sp³-hybridized carbons (Fsp3) is 0.278. The summed E-state index contributed by atoms with van der Waals surface area (Å²) in [6.07, 6.45) is 6.52. The first kappa shape index (κ1) is 17.3. The Labute approximate surface area is 160 Å². The summed E-state index contributed by atoms with van der Waals surface area (Å²) < 4.78 is 0. The van der Waals surface area contributed by atoms with E-state index in [1.807, 2.05) is 29.5 Å². The molecule has 4 rings (SSSR count). The van der Waals surface area contributed by atoms with Crippen molar-refractivity contribution in [2.24, 2.45) is 0 Å². The van der Waals surface area contributed by atoms with E-state index in [2.05, 4.69) is 36.5 Å². The van der Waals surface area contributed by atoms with Crippen LogP contribution in [0.1, 0.15) is 24.7 Å². The van der Waals surface area contributed by atoms with Gasteiger partial charge in [-0.3, -0.25) is 9.89 Å². The molecule has 0 fully saturated rings. The number of aromatic amines is 1. The third-order valence-electron chi connectivity index (χ3n) is 4.33. The van der Waals surface area contributed by atoms with Crippen molar-refractivity contribution in [2.45, 2.75) is 20.3 Å². The number of carbonyl (C=O) groups excluding carboxylic acids is 1. The third-order valence-corrected chi connectivity index (χ3v) is 5.09. The van der Waals surface area contributed by atoms with E-state index in [0.717, 1.165) is 41.2 Å². The van der Waals surface area contributed by atoms with Crippen LogP contribution in [0.15, 0.2) is 29.9 Å². The summed E-state index contributed by atoms with van der Waals surface area (Å²) in [6, 6.07) is 1.85. The normalized spacial score (nSPS) is 14.1. The molecule has 3 aromatic rings. The molecule has 1 amide bonds. The molecule has 0 radical (unpaired) electrons. The molecule has 138 valence electrons. The van der Waals surface area contributed by atoms with Crippen molar-refractivity contribution in [1.29, 1.82) is 0 Å². The molecular formula is C18H19N7OS. The van der Waals surface area contributed by atoms with E-state index in [1.165, 1.54) is 11.3 Å². The monoisotopic (exact) mass is 381 g/mol. The Morgan fingerprint density at radius 1 is 1.37 bits per heavy atom. The number of carbonyl (C=O) groups is 1. The highest BCUT2D eigenvalue weighted by Gasteiger charge is 2.21. The van der Waals surface area contributed by atoms with Crippen molar-refractivity contribution in [2.75, 3.05) is 18.4 Å². The molecule has 0 atom stereocenters. The first-order valence-corrected chi connectivity index (χ1v) is 9.49. The molecule has 0 aromatic carbocycles. The number of amides is 1. The Morgan fingerprint density at radius 2 is 2.26 bits per heavy atom. The fourth-order valence-electron chi connectivity index (χ4n) is 2.97. The molecule has 9 heteroatoms. The van der Waals surface area contributed by atoms with E-state index in [-0.39, 0.29) is 5.91 Å². The first-order chi connectivity index (χ1) is 13.1. The van der Waals surface area contributed by atoms with Crippen LogP contribution in [0.25, 0.3) is 16.8 Å². The summed E-state index contributed by atoms with van der Waals surface area (Å²) in [5.74, 6) is 0.603. The standard InChI is InChI=1S/C18H19N7OS/c1-11-5-6-19-17(21-11)23-18-22-15(10-27-18)14-8-20-24-16(14)13-4-3-7-25(9-13)12(2)26/h4-6,8,10H,3,7,9H2,1-2H3,(H,20,24)(H,19,21,22,23). The van der Waals surface area contributed by atoms with Crippen LogP contribution in [-0.4, -0.2) is 49.0 Å². The van der Waals surface area contributed by atoms with Gasteiger partial charge < -0.3 is 10.2 Å². The van der Waals surface area contributed by atoms with Crippen LogP contribution in [0.4, 0.5) is 11.1 Å². The van der Waals surface area contributed by atoms with Crippen molar-refractivity contribution in [1.82, 2.24) is 30.0 Å². The Morgan fingerprint density at radius 3 is 3.07 bits per heavy atom. The van der Waals surface area contributed by atoms with Gasteiger partial charge in [-0.25, -0.2) is 15.0 Å². The second-order valence-corrected chi connectivity index (χ2v) is 7.15. The Kier molecular flexibility index (Phi) is 4.68. The molecule has 8 nitrogen and oxygen atoms in total. The number of aromatic nitrogens is 5. The van der Waals surface area contributed by atoms with E-state index < -0.39 is 0 Å². The van der Waals surface area contributed by atoms with Gasteiger partial charge in [0.05, 0.1) is 11.4 Å².